The van der Waals surface area contributed by atoms with Gasteiger partial charge in [0.2, 0.25) is 5.65 Å². The van der Waals surface area contributed by atoms with E-state index >= 15 is 0 Å². The van der Waals surface area contributed by atoms with E-state index < -0.39 is 0 Å². The summed E-state index contributed by atoms with van der Waals surface area (Å²) >= 11 is 0. The molecule has 1 fully saturated rings. The van der Waals surface area contributed by atoms with Crippen LogP contribution >= 0.6 is 0 Å². The highest BCUT2D eigenvalue weighted by atomic mass is 15.3. The molecule has 1 unspecified atom stereocenters. The minimum absolute atomic E-state index is 0.499. The normalized spacial score (nSPS) is 19.0. The predicted octanol–water partition coefficient (Wildman–Crippen LogP) is 1.65. The van der Waals surface area contributed by atoms with Crippen molar-refractivity contribution in [3.8, 4) is 0 Å². The van der Waals surface area contributed by atoms with Crippen LogP contribution in [0.4, 0.5) is 5.82 Å². The van der Waals surface area contributed by atoms with Crippen LogP contribution in [0.5, 0.6) is 0 Å². The van der Waals surface area contributed by atoms with Crippen LogP contribution in [0.3, 0.4) is 0 Å². The van der Waals surface area contributed by atoms with Gasteiger partial charge in [0.1, 0.15) is 5.82 Å². The molecular formula is C15H24N6. The Morgan fingerprint density at radius 2 is 2.24 bits per heavy atom. The predicted molar refractivity (Wildman–Crippen MR) is 83.6 cm³/mol. The van der Waals surface area contributed by atoms with Crippen molar-refractivity contribution in [3.63, 3.8) is 0 Å². The highest BCUT2D eigenvalue weighted by molar-refractivity contribution is 5.64. The van der Waals surface area contributed by atoms with Crippen LogP contribution in [0.25, 0.3) is 5.65 Å². The van der Waals surface area contributed by atoms with Crippen molar-refractivity contribution >= 4 is 11.5 Å². The Kier molecular flexibility index (Phi) is 4.05. The monoisotopic (exact) mass is 288 g/mol. The maximum atomic E-state index is 4.57. The largest absolute Gasteiger partial charge is 0.349 e. The summed E-state index contributed by atoms with van der Waals surface area (Å²) in [7, 11) is 0. The third-order valence-electron chi connectivity index (χ3n) is 4.06. The molecule has 1 N–H and O–H groups in total. The van der Waals surface area contributed by atoms with E-state index in [2.05, 4.69) is 39.2 Å². The van der Waals surface area contributed by atoms with Gasteiger partial charge < -0.3 is 10.2 Å². The number of hydrogen-bond donors (Lipinski definition) is 1. The van der Waals surface area contributed by atoms with E-state index in [0.29, 0.717) is 12.0 Å². The Balaban J connectivity index is 1.80. The van der Waals surface area contributed by atoms with Crippen LogP contribution in [0.2, 0.25) is 0 Å². The standard InChI is InChI=1S/C15H24N6/c1-11(2)9-16-10-13-5-4-7-21(13)14-15-19-18-12(3)20(15)8-6-17-14/h6,8,11,13,16H,4-5,7,9-10H2,1-3H3. The summed E-state index contributed by atoms with van der Waals surface area (Å²) < 4.78 is 2.01. The van der Waals surface area contributed by atoms with E-state index in [0.717, 1.165) is 36.9 Å². The fourth-order valence-corrected chi connectivity index (χ4v) is 3.00. The minimum atomic E-state index is 0.499. The second kappa shape index (κ2) is 5.97. The fourth-order valence-electron chi connectivity index (χ4n) is 3.00. The summed E-state index contributed by atoms with van der Waals surface area (Å²) in [5.41, 5.74) is 0.866. The number of nitrogens with zero attached hydrogens (tertiary/aromatic N) is 5. The Labute approximate surface area is 125 Å². The highest BCUT2D eigenvalue weighted by Crippen LogP contribution is 2.26. The van der Waals surface area contributed by atoms with Crippen molar-refractivity contribution in [3.05, 3.63) is 18.2 Å². The average molecular weight is 288 g/mol. The zero-order valence-corrected chi connectivity index (χ0v) is 13.1. The van der Waals surface area contributed by atoms with Crippen molar-refractivity contribution in [1.82, 2.24) is 24.9 Å². The number of aromatic nitrogens is 4. The number of rotatable bonds is 5. The van der Waals surface area contributed by atoms with Gasteiger partial charge in [-0.05, 0) is 32.2 Å². The molecule has 6 nitrogen and oxygen atoms in total. The van der Waals surface area contributed by atoms with Crippen LogP contribution in [0, 0.1) is 12.8 Å². The second-order valence-corrected chi connectivity index (χ2v) is 6.23. The first-order valence-corrected chi connectivity index (χ1v) is 7.80. The van der Waals surface area contributed by atoms with Gasteiger partial charge in [-0.25, -0.2) is 4.98 Å². The van der Waals surface area contributed by atoms with Crippen molar-refractivity contribution in [2.24, 2.45) is 5.92 Å². The fraction of sp³-hybridized carbons (Fsp3) is 0.667. The lowest BCUT2D eigenvalue weighted by atomic mass is 10.2. The molecule has 21 heavy (non-hydrogen) atoms. The third kappa shape index (κ3) is 2.85. The molecule has 0 spiro atoms. The highest BCUT2D eigenvalue weighted by Gasteiger charge is 2.27. The maximum absolute atomic E-state index is 4.57. The van der Waals surface area contributed by atoms with E-state index in [4.69, 9.17) is 0 Å². The van der Waals surface area contributed by atoms with E-state index in [1.165, 1.54) is 12.8 Å². The topological polar surface area (TPSA) is 58.4 Å². The summed E-state index contributed by atoms with van der Waals surface area (Å²) in [6.45, 7) is 9.56. The third-order valence-corrected chi connectivity index (χ3v) is 4.06. The van der Waals surface area contributed by atoms with Gasteiger partial charge in [-0.15, -0.1) is 10.2 Å². The van der Waals surface area contributed by atoms with E-state index in [-0.39, 0.29) is 0 Å². The number of aryl methyl sites for hydroxylation is 1. The van der Waals surface area contributed by atoms with E-state index in [1.54, 1.807) is 0 Å². The van der Waals surface area contributed by atoms with Gasteiger partial charge in [0.25, 0.3) is 0 Å². The Bertz CT molecular complexity index is 605. The van der Waals surface area contributed by atoms with Gasteiger partial charge in [0.15, 0.2) is 5.82 Å². The SMILES string of the molecule is Cc1nnc2c(N3CCCC3CNCC(C)C)nccn12. The maximum Gasteiger partial charge on any atom is 0.203 e. The van der Waals surface area contributed by atoms with Crippen LogP contribution in [0.15, 0.2) is 12.4 Å². The van der Waals surface area contributed by atoms with Crippen molar-refractivity contribution in [2.75, 3.05) is 24.5 Å². The van der Waals surface area contributed by atoms with Gasteiger partial charge in [-0.2, -0.15) is 0 Å². The molecule has 6 heteroatoms. The lowest BCUT2D eigenvalue weighted by Gasteiger charge is -2.26. The molecule has 2 aromatic heterocycles. The second-order valence-electron chi connectivity index (χ2n) is 6.23. The van der Waals surface area contributed by atoms with Crippen LogP contribution < -0.4 is 10.2 Å². The number of nitrogens with one attached hydrogen (secondary N) is 1. The van der Waals surface area contributed by atoms with E-state index in [1.807, 2.05) is 23.7 Å². The van der Waals surface area contributed by atoms with Gasteiger partial charge in [0.05, 0.1) is 0 Å². The number of hydrogen-bond acceptors (Lipinski definition) is 5. The zero-order valence-electron chi connectivity index (χ0n) is 13.1. The molecule has 2 aromatic rings. The molecule has 3 heterocycles. The first-order valence-electron chi connectivity index (χ1n) is 7.80. The molecule has 3 rings (SSSR count). The quantitative estimate of drug-likeness (QED) is 0.906. The molecule has 1 aliphatic heterocycles. The van der Waals surface area contributed by atoms with Gasteiger partial charge in [0, 0.05) is 31.5 Å². The first kappa shape index (κ1) is 14.3. The summed E-state index contributed by atoms with van der Waals surface area (Å²) in [5.74, 6) is 2.55. The summed E-state index contributed by atoms with van der Waals surface area (Å²) in [5, 5.41) is 12.0. The summed E-state index contributed by atoms with van der Waals surface area (Å²) in [6, 6.07) is 0.499. The van der Waals surface area contributed by atoms with Gasteiger partial charge in [-0.3, -0.25) is 4.40 Å². The molecule has 0 aliphatic carbocycles. The minimum Gasteiger partial charge on any atom is -0.349 e. The lowest BCUT2D eigenvalue weighted by molar-refractivity contribution is 0.511. The molecule has 1 aliphatic rings. The number of fused-ring (bicyclic) bond motifs is 1. The molecule has 1 saturated heterocycles. The van der Waals surface area contributed by atoms with E-state index in [9.17, 15) is 0 Å². The Morgan fingerprint density at radius 1 is 1.38 bits per heavy atom. The van der Waals surface area contributed by atoms with Crippen LogP contribution in [0.1, 0.15) is 32.5 Å². The average Bonchev–Trinajstić information content (AvgIpc) is 3.06. The molecule has 0 saturated carbocycles. The lowest BCUT2D eigenvalue weighted by Crippen LogP contribution is -2.39. The Morgan fingerprint density at radius 3 is 3.05 bits per heavy atom. The number of anilines is 1. The molecule has 1 atom stereocenters. The van der Waals surface area contributed by atoms with Crippen molar-refractivity contribution < 1.29 is 0 Å². The Hall–Kier alpha value is -1.69. The van der Waals surface area contributed by atoms with Crippen molar-refractivity contribution in [2.45, 2.75) is 39.7 Å². The molecule has 0 bridgehead atoms. The van der Waals surface area contributed by atoms with Crippen molar-refractivity contribution in [1.29, 1.82) is 0 Å². The molecule has 0 radical (unpaired) electrons. The summed E-state index contributed by atoms with van der Waals surface area (Å²) in [6.07, 6.45) is 6.19. The zero-order chi connectivity index (χ0) is 14.8. The van der Waals surface area contributed by atoms with Gasteiger partial charge >= 0.3 is 0 Å². The van der Waals surface area contributed by atoms with Crippen LogP contribution in [-0.4, -0.2) is 45.3 Å². The summed E-state index contributed by atoms with van der Waals surface area (Å²) in [4.78, 5) is 6.96. The molecule has 0 aromatic carbocycles. The molecular weight excluding hydrogens is 264 g/mol. The smallest absolute Gasteiger partial charge is 0.203 e. The molecule has 0 amide bonds. The molecule has 114 valence electrons. The van der Waals surface area contributed by atoms with Crippen LogP contribution in [-0.2, 0) is 0 Å². The first-order chi connectivity index (χ1) is 10.2. The van der Waals surface area contributed by atoms with Gasteiger partial charge in [-0.1, -0.05) is 13.8 Å².